The standard InChI is InChI=1S/C12H24N2O2/c1-3-5-7-9-11(13-15)12(14-16)10-8-6-4-2/h11-12H,3-10H2,1-2H3. The normalized spacial score (nSPS) is 14.4. The van der Waals surface area contributed by atoms with Crippen molar-refractivity contribution >= 4 is 0 Å². The van der Waals surface area contributed by atoms with Gasteiger partial charge in [-0.2, -0.15) is 9.81 Å². The highest BCUT2D eigenvalue weighted by atomic mass is 16.3. The molecule has 0 aliphatic rings. The molecule has 0 aliphatic heterocycles. The molecule has 0 N–H and O–H groups in total. The Morgan fingerprint density at radius 2 is 1.12 bits per heavy atom. The fraction of sp³-hybridized carbons (Fsp3) is 1.00. The minimum Gasteiger partial charge on any atom is -0.150 e. The van der Waals surface area contributed by atoms with Gasteiger partial charge >= 0.3 is 0 Å². The van der Waals surface area contributed by atoms with Crippen LogP contribution in [0.3, 0.4) is 0 Å². The van der Waals surface area contributed by atoms with Crippen molar-refractivity contribution in [3.8, 4) is 0 Å². The molecule has 0 aromatic rings. The lowest BCUT2D eigenvalue weighted by atomic mass is 9.98. The van der Waals surface area contributed by atoms with Gasteiger partial charge in [0.2, 0.25) is 0 Å². The minimum atomic E-state index is -0.402. The molecule has 4 nitrogen and oxygen atoms in total. The lowest BCUT2D eigenvalue weighted by Gasteiger charge is -2.14. The van der Waals surface area contributed by atoms with Crippen LogP contribution in [0.4, 0.5) is 0 Å². The average molecular weight is 228 g/mol. The fourth-order valence-electron chi connectivity index (χ4n) is 1.84. The molecule has 0 saturated heterocycles. The summed E-state index contributed by atoms with van der Waals surface area (Å²) in [6, 6.07) is -0.804. The molecular weight excluding hydrogens is 204 g/mol. The maximum absolute atomic E-state index is 10.7. The van der Waals surface area contributed by atoms with Gasteiger partial charge in [-0.3, -0.25) is 0 Å². The highest BCUT2D eigenvalue weighted by Crippen LogP contribution is 2.18. The van der Waals surface area contributed by atoms with Crippen LogP contribution in [0.15, 0.2) is 10.4 Å². The summed E-state index contributed by atoms with van der Waals surface area (Å²) >= 11 is 0. The summed E-state index contributed by atoms with van der Waals surface area (Å²) in [7, 11) is 0. The number of nitroso groups, excluding NO2 is 2. The van der Waals surface area contributed by atoms with E-state index in [0.29, 0.717) is 12.8 Å². The Kier molecular flexibility index (Phi) is 10.2. The molecule has 0 bridgehead atoms. The predicted octanol–water partition coefficient (Wildman–Crippen LogP) is 4.42. The van der Waals surface area contributed by atoms with Gasteiger partial charge in [-0.05, 0) is 12.8 Å². The van der Waals surface area contributed by atoms with E-state index < -0.39 is 12.1 Å². The van der Waals surface area contributed by atoms with Crippen molar-refractivity contribution in [2.75, 3.05) is 0 Å². The van der Waals surface area contributed by atoms with Crippen molar-refractivity contribution in [1.29, 1.82) is 0 Å². The summed E-state index contributed by atoms with van der Waals surface area (Å²) in [5, 5.41) is 6.13. The summed E-state index contributed by atoms with van der Waals surface area (Å²) in [6.07, 6.45) is 7.75. The van der Waals surface area contributed by atoms with Crippen LogP contribution in [0.1, 0.15) is 65.2 Å². The predicted molar refractivity (Wildman–Crippen MR) is 67.5 cm³/mol. The Hall–Kier alpha value is -0.800. The maximum atomic E-state index is 10.7. The monoisotopic (exact) mass is 228 g/mol. The van der Waals surface area contributed by atoms with Crippen LogP contribution in [-0.4, -0.2) is 12.1 Å². The van der Waals surface area contributed by atoms with E-state index in [1.54, 1.807) is 0 Å². The summed E-state index contributed by atoms with van der Waals surface area (Å²) < 4.78 is 0. The highest BCUT2D eigenvalue weighted by molar-refractivity contribution is 4.81. The molecule has 0 aliphatic carbocycles. The van der Waals surface area contributed by atoms with E-state index in [-0.39, 0.29) is 0 Å². The van der Waals surface area contributed by atoms with Gasteiger partial charge in [-0.15, -0.1) is 0 Å². The van der Waals surface area contributed by atoms with Gasteiger partial charge in [0.25, 0.3) is 0 Å². The first kappa shape index (κ1) is 15.2. The van der Waals surface area contributed by atoms with Crippen molar-refractivity contribution in [2.24, 2.45) is 10.4 Å². The summed E-state index contributed by atoms with van der Waals surface area (Å²) in [4.78, 5) is 21.4. The molecule has 0 amide bonds. The molecule has 0 radical (unpaired) electrons. The first-order chi connectivity index (χ1) is 7.79. The minimum absolute atomic E-state index is 0.402. The largest absolute Gasteiger partial charge is 0.150 e. The van der Waals surface area contributed by atoms with E-state index in [1.807, 2.05) is 0 Å². The fourth-order valence-corrected chi connectivity index (χ4v) is 1.84. The van der Waals surface area contributed by atoms with Crippen LogP contribution in [0, 0.1) is 9.81 Å². The molecule has 4 heteroatoms. The van der Waals surface area contributed by atoms with E-state index in [1.165, 1.54) is 0 Å². The Bertz CT molecular complexity index is 166. The summed E-state index contributed by atoms with van der Waals surface area (Å²) in [5.74, 6) is 0. The van der Waals surface area contributed by atoms with E-state index in [2.05, 4.69) is 24.2 Å². The molecule has 16 heavy (non-hydrogen) atoms. The Labute approximate surface area is 98.1 Å². The van der Waals surface area contributed by atoms with Gasteiger partial charge in [0.15, 0.2) is 0 Å². The first-order valence-corrected chi connectivity index (χ1v) is 6.45. The van der Waals surface area contributed by atoms with Crippen molar-refractivity contribution in [3.05, 3.63) is 9.81 Å². The van der Waals surface area contributed by atoms with Crippen molar-refractivity contribution in [2.45, 2.75) is 77.3 Å². The summed E-state index contributed by atoms with van der Waals surface area (Å²) in [5.41, 5.74) is 0. The first-order valence-electron chi connectivity index (χ1n) is 6.45. The maximum Gasteiger partial charge on any atom is 0.118 e. The van der Waals surface area contributed by atoms with Crippen LogP contribution in [0.25, 0.3) is 0 Å². The van der Waals surface area contributed by atoms with E-state index in [0.717, 1.165) is 38.5 Å². The van der Waals surface area contributed by atoms with Gasteiger partial charge in [-0.1, -0.05) is 62.7 Å². The molecule has 0 saturated carbocycles. The van der Waals surface area contributed by atoms with Crippen molar-refractivity contribution in [1.82, 2.24) is 0 Å². The van der Waals surface area contributed by atoms with Crippen molar-refractivity contribution in [3.63, 3.8) is 0 Å². The number of hydrogen-bond acceptors (Lipinski definition) is 4. The zero-order valence-electron chi connectivity index (χ0n) is 10.5. The second kappa shape index (κ2) is 10.7. The van der Waals surface area contributed by atoms with Crippen LogP contribution >= 0.6 is 0 Å². The van der Waals surface area contributed by atoms with Gasteiger partial charge in [0, 0.05) is 0 Å². The molecule has 0 fully saturated rings. The lowest BCUT2D eigenvalue weighted by molar-refractivity contribution is 0.436. The Morgan fingerprint density at radius 3 is 1.38 bits per heavy atom. The Balaban J connectivity index is 3.95. The van der Waals surface area contributed by atoms with Gasteiger partial charge in [-0.25, -0.2) is 0 Å². The van der Waals surface area contributed by atoms with Crippen LogP contribution in [0.2, 0.25) is 0 Å². The van der Waals surface area contributed by atoms with Gasteiger partial charge < -0.3 is 0 Å². The molecule has 0 spiro atoms. The zero-order chi connectivity index (χ0) is 12.2. The molecule has 0 rings (SSSR count). The second-order valence-corrected chi connectivity index (χ2v) is 4.34. The molecule has 2 unspecified atom stereocenters. The number of hydrogen-bond donors (Lipinski definition) is 0. The molecule has 0 heterocycles. The number of nitrogens with zero attached hydrogens (tertiary/aromatic N) is 2. The smallest absolute Gasteiger partial charge is 0.118 e. The third kappa shape index (κ3) is 6.64. The SMILES string of the molecule is CCCCCC(N=O)C(CCCCC)N=O. The number of rotatable bonds is 11. The van der Waals surface area contributed by atoms with E-state index in [4.69, 9.17) is 0 Å². The third-order valence-corrected chi connectivity index (χ3v) is 2.92. The highest BCUT2D eigenvalue weighted by Gasteiger charge is 2.22. The van der Waals surface area contributed by atoms with Crippen LogP contribution in [-0.2, 0) is 0 Å². The van der Waals surface area contributed by atoms with Crippen molar-refractivity contribution < 1.29 is 0 Å². The quantitative estimate of drug-likeness (QED) is 0.388. The van der Waals surface area contributed by atoms with Gasteiger partial charge in [0.1, 0.15) is 12.1 Å². The summed E-state index contributed by atoms with van der Waals surface area (Å²) in [6.45, 7) is 4.22. The number of unbranched alkanes of at least 4 members (excludes halogenated alkanes) is 4. The average Bonchev–Trinajstić information content (AvgIpc) is 2.31. The molecule has 2 atom stereocenters. The lowest BCUT2D eigenvalue weighted by Crippen LogP contribution is -2.22. The molecule has 94 valence electrons. The van der Waals surface area contributed by atoms with E-state index in [9.17, 15) is 9.81 Å². The topological polar surface area (TPSA) is 58.9 Å². The molecular formula is C12H24N2O2. The second-order valence-electron chi connectivity index (χ2n) is 4.34. The zero-order valence-corrected chi connectivity index (χ0v) is 10.5. The van der Waals surface area contributed by atoms with Gasteiger partial charge in [0.05, 0.1) is 0 Å². The molecule has 0 aromatic heterocycles. The third-order valence-electron chi connectivity index (χ3n) is 2.92. The van der Waals surface area contributed by atoms with Crippen LogP contribution in [0.5, 0.6) is 0 Å². The molecule has 0 aromatic carbocycles. The van der Waals surface area contributed by atoms with Crippen LogP contribution < -0.4 is 0 Å². The Morgan fingerprint density at radius 1 is 0.750 bits per heavy atom. The van der Waals surface area contributed by atoms with E-state index >= 15 is 0 Å².